The third kappa shape index (κ3) is 5.12. The molecule has 0 saturated carbocycles. The maximum atomic E-state index is 5.59. The second kappa shape index (κ2) is 8.00. The predicted octanol–water partition coefficient (Wildman–Crippen LogP) is 3.35. The highest BCUT2D eigenvalue weighted by Gasteiger charge is 2.01. The van der Waals surface area contributed by atoms with Crippen LogP contribution in [0.5, 0.6) is 5.75 Å². The highest BCUT2D eigenvalue weighted by molar-refractivity contribution is 6.18. The molecule has 0 aliphatic rings. The minimum atomic E-state index is 0.254. The first-order chi connectivity index (χ1) is 8.27. The van der Waals surface area contributed by atoms with Gasteiger partial charge in [-0.25, -0.2) is 0 Å². The Morgan fingerprint density at radius 3 is 2.88 bits per heavy atom. The van der Waals surface area contributed by atoms with Gasteiger partial charge in [0.15, 0.2) is 6.79 Å². The zero-order valence-electron chi connectivity index (χ0n) is 10.3. The second-order valence-electron chi connectivity index (χ2n) is 3.50. The molecule has 0 bridgehead atoms. The molecule has 0 unspecified atom stereocenters. The Morgan fingerprint density at radius 2 is 2.18 bits per heavy atom. The van der Waals surface area contributed by atoms with Gasteiger partial charge in [-0.1, -0.05) is 17.9 Å². The summed E-state index contributed by atoms with van der Waals surface area (Å²) >= 11 is 5.59. The van der Waals surface area contributed by atoms with E-state index in [1.807, 2.05) is 32.0 Å². The Kier molecular flexibility index (Phi) is 6.54. The number of hydrogen-bond acceptors (Lipinski definition) is 2. The van der Waals surface area contributed by atoms with E-state index in [4.69, 9.17) is 21.1 Å². The summed E-state index contributed by atoms with van der Waals surface area (Å²) in [6.45, 7) is 4.85. The third-order valence-electron chi connectivity index (χ3n) is 2.08. The van der Waals surface area contributed by atoms with E-state index in [0.717, 1.165) is 16.9 Å². The molecule has 0 radical (unpaired) electrons. The molecule has 0 atom stereocenters. The summed E-state index contributed by atoms with van der Waals surface area (Å²) in [6, 6.07) is 5.91. The molecule has 0 saturated heterocycles. The van der Waals surface area contributed by atoms with Crippen LogP contribution >= 0.6 is 11.6 Å². The minimum absolute atomic E-state index is 0.254. The standard InChI is InChI=1S/C14H17ClO2/c1-3-16-11-17-14-8-7-12(2)10-13(14)6-4-5-9-15/h7-8,10H,3,5,9,11H2,1-2H3. The molecule has 0 spiro atoms. The van der Waals surface area contributed by atoms with Crippen LogP contribution in [0.3, 0.4) is 0 Å². The lowest BCUT2D eigenvalue weighted by Crippen LogP contribution is -2.03. The number of rotatable bonds is 5. The lowest BCUT2D eigenvalue weighted by Gasteiger charge is -2.08. The Labute approximate surface area is 108 Å². The van der Waals surface area contributed by atoms with Crippen molar-refractivity contribution in [1.29, 1.82) is 0 Å². The molecule has 0 amide bonds. The van der Waals surface area contributed by atoms with Crippen molar-refractivity contribution in [2.75, 3.05) is 19.3 Å². The predicted molar refractivity (Wildman–Crippen MR) is 70.5 cm³/mol. The SMILES string of the molecule is CCOCOc1ccc(C)cc1C#CCCCl. The summed E-state index contributed by atoms with van der Waals surface area (Å²) in [4.78, 5) is 0. The lowest BCUT2D eigenvalue weighted by molar-refractivity contribution is 0.0222. The van der Waals surface area contributed by atoms with Crippen LogP contribution in [-0.2, 0) is 4.74 Å². The Balaban J connectivity index is 2.77. The molecule has 3 heteroatoms. The van der Waals surface area contributed by atoms with Crippen molar-refractivity contribution < 1.29 is 9.47 Å². The summed E-state index contributed by atoms with van der Waals surface area (Å²) in [7, 11) is 0. The highest BCUT2D eigenvalue weighted by atomic mass is 35.5. The zero-order chi connectivity index (χ0) is 12.5. The fourth-order valence-corrected chi connectivity index (χ4v) is 1.36. The van der Waals surface area contributed by atoms with Crippen LogP contribution in [0.15, 0.2) is 18.2 Å². The first-order valence-corrected chi connectivity index (χ1v) is 6.17. The van der Waals surface area contributed by atoms with Gasteiger partial charge in [0.1, 0.15) is 5.75 Å². The molecular weight excluding hydrogens is 236 g/mol. The first kappa shape index (κ1) is 13.9. The number of halogens is 1. The van der Waals surface area contributed by atoms with Crippen molar-refractivity contribution in [3.05, 3.63) is 29.3 Å². The van der Waals surface area contributed by atoms with E-state index in [1.165, 1.54) is 0 Å². The molecule has 0 aliphatic carbocycles. The summed E-state index contributed by atoms with van der Waals surface area (Å²) in [6.07, 6.45) is 0.681. The molecule has 17 heavy (non-hydrogen) atoms. The molecule has 0 N–H and O–H groups in total. The molecule has 0 heterocycles. The molecule has 0 fully saturated rings. The van der Waals surface area contributed by atoms with Crippen molar-refractivity contribution in [3.8, 4) is 17.6 Å². The number of alkyl halides is 1. The Hall–Kier alpha value is -1.17. The van der Waals surface area contributed by atoms with Crippen LogP contribution in [0.1, 0.15) is 24.5 Å². The molecule has 1 rings (SSSR count). The molecule has 0 aromatic heterocycles. The lowest BCUT2D eigenvalue weighted by atomic mass is 10.1. The van der Waals surface area contributed by atoms with Crippen LogP contribution in [0.2, 0.25) is 0 Å². The fourth-order valence-electron chi connectivity index (χ4n) is 1.26. The van der Waals surface area contributed by atoms with Gasteiger partial charge in [-0.2, -0.15) is 0 Å². The minimum Gasteiger partial charge on any atom is -0.466 e. The molecule has 1 aromatic rings. The van der Waals surface area contributed by atoms with Crippen LogP contribution in [0, 0.1) is 18.8 Å². The summed E-state index contributed by atoms with van der Waals surface area (Å²) in [5, 5.41) is 0. The number of hydrogen-bond donors (Lipinski definition) is 0. The van der Waals surface area contributed by atoms with Gasteiger partial charge >= 0.3 is 0 Å². The van der Waals surface area contributed by atoms with Gasteiger partial charge in [0.05, 0.1) is 5.56 Å². The summed E-state index contributed by atoms with van der Waals surface area (Å²) < 4.78 is 10.7. The molecular formula is C14H17ClO2. The normalized spacial score (nSPS) is 9.59. The van der Waals surface area contributed by atoms with Gasteiger partial charge in [0, 0.05) is 18.9 Å². The van der Waals surface area contributed by atoms with E-state index < -0.39 is 0 Å². The van der Waals surface area contributed by atoms with Crippen LogP contribution in [-0.4, -0.2) is 19.3 Å². The summed E-state index contributed by atoms with van der Waals surface area (Å²) in [5.41, 5.74) is 2.04. The van der Waals surface area contributed by atoms with Gasteiger partial charge < -0.3 is 9.47 Å². The van der Waals surface area contributed by atoms with E-state index in [9.17, 15) is 0 Å². The largest absolute Gasteiger partial charge is 0.466 e. The van der Waals surface area contributed by atoms with Gasteiger partial charge in [-0.05, 0) is 31.5 Å². The molecule has 92 valence electrons. The van der Waals surface area contributed by atoms with E-state index in [-0.39, 0.29) is 6.79 Å². The Bertz CT molecular complexity index is 404. The van der Waals surface area contributed by atoms with Gasteiger partial charge in [-0.15, -0.1) is 11.6 Å². The zero-order valence-corrected chi connectivity index (χ0v) is 11.0. The Morgan fingerprint density at radius 1 is 1.35 bits per heavy atom. The van der Waals surface area contributed by atoms with Crippen molar-refractivity contribution in [3.63, 3.8) is 0 Å². The van der Waals surface area contributed by atoms with Crippen LogP contribution in [0.4, 0.5) is 0 Å². The van der Waals surface area contributed by atoms with Gasteiger partial charge in [0.2, 0.25) is 0 Å². The third-order valence-corrected chi connectivity index (χ3v) is 2.27. The van der Waals surface area contributed by atoms with E-state index in [0.29, 0.717) is 18.9 Å². The maximum absolute atomic E-state index is 5.59. The van der Waals surface area contributed by atoms with Crippen molar-refractivity contribution in [2.45, 2.75) is 20.3 Å². The smallest absolute Gasteiger partial charge is 0.189 e. The average Bonchev–Trinajstić information content (AvgIpc) is 2.32. The summed E-state index contributed by atoms with van der Waals surface area (Å²) in [5.74, 6) is 7.38. The fraction of sp³-hybridized carbons (Fsp3) is 0.429. The number of aryl methyl sites for hydroxylation is 1. The molecule has 1 aromatic carbocycles. The van der Waals surface area contributed by atoms with Crippen LogP contribution in [0.25, 0.3) is 0 Å². The highest BCUT2D eigenvalue weighted by Crippen LogP contribution is 2.19. The van der Waals surface area contributed by atoms with Gasteiger partial charge in [-0.3, -0.25) is 0 Å². The van der Waals surface area contributed by atoms with E-state index in [2.05, 4.69) is 11.8 Å². The molecule has 2 nitrogen and oxygen atoms in total. The number of ether oxygens (including phenoxy) is 2. The maximum Gasteiger partial charge on any atom is 0.189 e. The van der Waals surface area contributed by atoms with Crippen molar-refractivity contribution in [2.24, 2.45) is 0 Å². The monoisotopic (exact) mass is 252 g/mol. The molecule has 0 aliphatic heterocycles. The number of benzene rings is 1. The van der Waals surface area contributed by atoms with Crippen LogP contribution < -0.4 is 4.74 Å². The topological polar surface area (TPSA) is 18.5 Å². The quantitative estimate of drug-likeness (QED) is 0.346. The van der Waals surface area contributed by atoms with Crippen molar-refractivity contribution >= 4 is 11.6 Å². The van der Waals surface area contributed by atoms with Crippen molar-refractivity contribution in [1.82, 2.24) is 0 Å². The average molecular weight is 253 g/mol. The van der Waals surface area contributed by atoms with Gasteiger partial charge in [0.25, 0.3) is 0 Å². The van der Waals surface area contributed by atoms with E-state index >= 15 is 0 Å². The second-order valence-corrected chi connectivity index (χ2v) is 3.87. The van der Waals surface area contributed by atoms with E-state index in [1.54, 1.807) is 0 Å². The first-order valence-electron chi connectivity index (χ1n) is 5.64.